The van der Waals surface area contributed by atoms with E-state index in [1.807, 2.05) is 44.2 Å². The summed E-state index contributed by atoms with van der Waals surface area (Å²) in [6.45, 7) is 3.89. The topological polar surface area (TPSA) is 43.4 Å². The average Bonchev–Trinajstić information content (AvgIpc) is 2.90. The van der Waals surface area contributed by atoms with Crippen LogP contribution in [-0.2, 0) is 0 Å². The Morgan fingerprint density at radius 3 is 2.52 bits per heavy atom. The molecule has 4 heteroatoms. The lowest BCUT2D eigenvalue weighted by Gasteiger charge is -2.09. The molecule has 2 heterocycles. The molecule has 4 aromatic rings. The SMILES string of the molecule is Cc1coc2c(C)c3oc(=O)cc(-c4ccccc4Cl)c3cc12. The molecule has 0 unspecified atom stereocenters. The second-order valence-corrected chi connectivity index (χ2v) is 6.04. The Bertz CT molecular complexity index is 1120. The lowest BCUT2D eigenvalue weighted by atomic mass is 9.98. The molecule has 0 saturated carbocycles. The molecule has 114 valence electrons. The van der Waals surface area contributed by atoms with Crippen molar-refractivity contribution in [3.8, 4) is 11.1 Å². The van der Waals surface area contributed by atoms with Crippen LogP contribution in [0.3, 0.4) is 0 Å². The molecule has 0 radical (unpaired) electrons. The number of aryl methyl sites for hydroxylation is 2. The van der Waals surface area contributed by atoms with Crippen LogP contribution in [0.5, 0.6) is 0 Å². The van der Waals surface area contributed by atoms with Gasteiger partial charge in [0.1, 0.15) is 11.2 Å². The fourth-order valence-corrected chi connectivity index (χ4v) is 3.24. The van der Waals surface area contributed by atoms with Crippen molar-refractivity contribution < 1.29 is 8.83 Å². The van der Waals surface area contributed by atoms with Gasteiger partial charge in [-0.15, -0.1) is 0 Å². The second-order valence-electron chi connectivity index (χ2n) is 5.63. The normalized spacial score (nSPS) is 11.4. The quantitative estimate of drug-likeness (QED) is 0.436. The van der Waals surface area contributed by atoms with E-state index in [4.69, 9.17) is 20.4 Å². The van der Waals surface area contributed by atoms with Crippen LogP contribution in [0.25, 0.3) is 33.1 Å². The largest absolute Gasteiger partial charge is 0.464 e. The first-order chi connectivity index (χ1) is 11.1. The Balaban J connectivity index is 2.22. The van der Waals surface area contributed by atoms with Gasteiger partial charge in [-0.1, -0.05) is 29.8 Å². The standard InChI is InChI=1S/C19H13ClO3/c1-10-9-22-18-11(2)19-15(7-13(10)18)14(8-17(21)23-19)12-5-3-4-6-16(12)20/h3-9H,1-2H3. The molecule has 0 atom stereocenters. The predicted octanol–water partition coefficient (Wildman–Crippen LogP) is 5.48. The van der Waals surface area contributed by atoms with E-state index in [0.29, 0.717) is 10.6 Å². The van der Waals surface area contributed by atoms with E-state index >= 15 is 0 Å². The van der Waals surface area contributed by atoms with Gasteiger partial charge in [0.05, 0.1) is 6.26 Å². The first-order valence-corrected chi connectivity index (χ1v) is 7.64. The van der Waals surface area contributed by atoms with E-state index in [1.165, 1.54) is 6.07 Å². The molecule has 0 bridgehead atoms. The van der Waals surface area contributed by atoms with Crippen molar-refractivity contribution in [1.29, 1.82) is 0 Å². The van der Waals surface area contributed by atoms with E-state index in [-0.39, 0.29) is 0 Å². The fourth-order valence-electron chi connectivity index (χ4n) is 3.00. The third-order valence-electron chi connectivity index (χ3n) is 4.16. The van der Waals surface area contributed by atoms with Crippen molar-refractivity contribution in [1.82, 2.24) is 0 Å². The molecule has 4 rings (SSSR count). The van der Waals surface area contributed by atoms with Gasteiger partial charge in [0.25, 0.3) is 0 Å². The summed E-state index contributed by atoms with van der Waals surface area (Å²) in [7, 11) is 0. The first kappa shape index (κ1) is 14.1. The molecule has 0 N–H and O–H groups in total. The van der Waals surface area contributed by atoms with Crippen LogP contribution >= 0.6 is 11.6 Å². The summed E-state index contributed by atoms with van der Waals surface area (Å²) in [6.07, 6.45) is 1.71. The van der Waals surface area contributed by atoms with Crippen LogP contribution in [0, 0.1) is 13.8 Å². The highest BCUT2D eigenvalue weighted by atomic mass is 35.5. The van der Waals surface area contributed by atoms with E-state index in [2.05, 4.69) is 0 Å². The summed E-state index contributed by atoms with van der Waals surface area (Å²) >= 11 is 6.33. The molecule has 0 spiro atoms. The molecule has 23 heavy (non-hydrogen) atoms. The second kappa shape index (κ2) is 5.00. The number of benzene rings is 2. The third-order valence-corrected chi connectivity index (χ3v) is 4.49. The van der Waals surface area contributed by atoms with Crippen molar-refractivity contribution >= 4 is 33.5 Å². The summed E-state index contributed by atoms with van der Waals surface area (Å²) in [6, 6.07) is 11.0. The maximum Gasteiger partial charge on any atom is 0.336 e. The molecular formula is C19H13ClO3. The van der Waals surface area contributed by atoms with Crippen molar-refractivity contribution in [2.75, 3.05) is 0 Å². The van der Waals surface area contributed by atoms with Crippen LogP contribution in [-0.4, -0.2) is 0 Å². The van der Waals surface area contributed by atoms with Crippen LogP contribution in [0.4, 0.5) is 0 Å². The lowest BCUT2D eigenvalue weighted by molar-refractivity contribution is 0.556. The van der Waals surface area contributed by atoms with Crippen molar-refractivity contribution in [2.24, 2.45) is 0 Å². The van der Waals surface area contributed by atoms with Gasteiger partial charge in [-0.25, -0.2) is 4.79 Å². The molecule has 0 fully saturated rings. The monoisotopic (exact) mass is 324 g/mol. The van der Waals surface area contributed by atoms with E-state index in [9.17, 15) is 4.79 Å². The van der Waals surface area contributed by atoms with Gasteiger partial charge in [-0.3, -0.25) is 0 Å². The Morgan fingerprint density at radius 2 is 1.74 bits per heavy atom. The molecule has 0 aliphatic rings. The Morgan fingerprint density at radius 1 is 0.957 bits per heavy atom. The summed E-state index contributed by atoms with van der Waals surface area (Å²) in [5, 5.41) is 2.46. The van der Waals surface area contributed by atoms with Crippen molar-refractivity contribution in [3.63, 3.8) is 0 Å². The summed E-state index contributed by atoms with van der Waals surface area (Å²) in [5.74, 6) is 0. The van der Waals surface area contributed by atoms with Gasteiger partial charge in [0.15, 0.2) is 0 Å². The Labute approximate surface area is 137 Å². The fraction of sp³-hybridized carbons (Fsp3) is 0.105. The van der Waals surface area contributed by atoms with E-state index in [1.54, 1.807) is 6.26 Å². The number of hydrogen-bond donors (Lipinski definition) is 0. The van der Waals surface area contributed by atoms with E-state index < -0.39 is 5.63 Å². The molecule has 0 aliphatic heterocycles. The maximum atomic E-state index is 12.0. The number of halogens is 1. The minimum atomic E-state index is -0.404. The van der Waals surface area contributed by atoms with Crippen LogP contribution in [0.2, 0.25) is 5.02 Å². The number of rotatable bonds is 1. The smallest absolute Gasteiger partial charge is 0.336 e. The van der Waals surface area contributed by atoms with Gasteiger partial charge in [0.2, 0.25) is 0 Å². The van der Waals surface area contributed by atoms with Crippen molar-refractivity contribution in [2.45, 2.75) is 13.8 Å². The van der Waals surface area contributed by atoms with Gasteiger partial charge < -0.3 is 8.83 Å². The summed E-state index contributed by atoms with van der Waals surface area (Å²) in [5.41, 5.74) is 4.32. The average molecular weight is 325 g/mol. The number of furan rings is 1. The Kier molecular flexibility index (Phi) is 3.06. The number of fused-ring (bicyclic) bond motifs is 2. The molecule has 0 saturated heterocycles. The Hall–Kier alpha value is -2.52. The zero-order valence-electron chi connectivity index (χ0n) is 12.6. The van der Waals surface area contributed by atoms with Gasteiger partial charge in [-0.05, 0) is 31.5 Å². The highest BCUT2D eigenvalue weighted by Gasteiger charge is 2.16. The molecule has 2 aromatic carbocycles. The zero-order chi connectivity index (χ0) is 16.1. The highest BCUT2D eigenvalue weighted by molar-refractivity contribution is 6.33. The predicted molar refractivity (Wildman–Crippen MR) is 92.2 cm³/mol. The van der Waals surface area contributed by atoms with Crippen LogP contribution in [0.15, 0.2) is 56.3 Å². The molecular weight excluding hydrogens is 312 g/mol. The third kappa shape index (κ3) is 2.08. The van der Waals surface area contributed by atoms with Crippen molar-refractivity contribution in [3.05, 3.63) is 69.2 Å². The number of hydrogen-bond acceptors (Lipinski definition) is 3. The molecule has 3 nitrogen and oxygen atoms in total. The minimum Gasteiger partial charge on any atom is -0.464 e. The molecule has 2 aromatic heterocycles. The maximum absolute atomic E-state index is 12.0. The summed E-state index contributed by atoms with van der Waals surface area (Å²) in [4.78, 5) is 12.0. The highest BCUT2D eigenvalue weighted by Crippen LogP contribution is 2.37. The van der Waals surface area contributed by atoms with Gasteiger partial charge >= 0.3 is 5.63 Å². The van der Waals surface area contributed by atoms with Crippen LogP contribution in [0.1, 0.15) is 11.1 Å². The molecule has 0 amide bonds. The van der Waals surface area contributed by atoms with Gasteiger partial charge in [0, 0.05) is 38.6 Å². The minimum absolute atomic E-state index is 0.404. The van der Waals surface area contributed by atoms with Gasteiger partial charge in [-0.2, -0.15) is 0 Å². The first-order valence-electron chi connectivity index (χ1n) is 7.26. The lowest BCUT2D eigenvalue weighted by Crippen LogP contribution is -1.99. The van der Waals surface area contributed by atoms with E-state index in [0.717, 1.165) is 38.6 Å². The summed E-state index contributed by atoms with van der Waals surface area (Å²) < 4.78 is 11.1. The zero-order valence-corrected chi connectivity index (χ0v) is 13.4. The van der Waals surface area contributed by atoms with Crippen LogP contribution < -0.4 is 5.63 Å². The molecule has 0 aliphatic carbocycles.